The average Bonchev–Trinajstić information content (AvgIpc) is 2.14. The minimum Gasteiger partial charge on any atom is -0.488 e. The van der Waals surface area contributed by atoms with Gasteiger partial charge in [-0.15, -0.1) is 0 Å². The molecule has 0 bridgehead atoms. The Labute approximate surface area is 98.6 Å². The minimum absolute atomic E-state index is 0.0683. The summed E-state index contributed by atoms with van der Waals surface area (Å²) in [5.41, 5.74) is 4.30. The summed E-state index contributed by atoms with van der Waals surface area (Å²) in [5, 5.41) is 0. The Morgan fingerprint density at radius 1 is 1.18 bits per heavy atom. The van der Waals surface area contributed by atoms with Crippen LogP contribution in [0, 0.1) is 0 Å². The highest BCUT2D eigenvalue weighted by Crippen LogP contribution is 2.38. The lowest BCUT2D eigenvalue weighted by Crippen LogP contribution is -2.25. The predicted octanol–water partition coefficient (Wildman–Crippen LogP) is 3.34. The number of benzene rings is 1. The monoisotopic (exact) mass is 247 g/mol. The molecule has 0 spiro atoms. The van der Waals surface area contributed by atoms with Crippen molar-refractivity contribution in [2.24, 2.45) is 5.73 Å². The fourth-order valence-electron chi connectivity index (χ4n) is 1.34. The molecule has 2 N–H and O–H groups in total. The van der Waals surface area contributed by atoms with Crippen LogP contribution in [0.1, 0.15) is 31.9 Å². The van der Waals surface area contributed by atoms with E-state index in [2.05, 4.69) is 0 Å². The van der Waals surface area contributed by atoms with E-state index >= 15 is 0 Å². The van der Waals surface area contributed by atoms with Crippen molar-refractivity contribution in [2.45, 2.75) is 39.1 Å². The first kappa shape index (κ1) is 13.8. The Kier molecular flexibility index (Phi) is 3.71. The summed E-state index contributed by atoms with van der Waals surface area (Å²) < 4.78 is 43.8. The van der Waals surface area contributed by atoms with E-state index in [1.807, 2.05) is 0 Å². The second kappa shape index (κ2) is 4.56. The van der Waals surface area contributed by atoms with Gasteiger partial charge in [0.15, 0.2) is 0 Å². The predicted molar refractivity (Wildman–Crippen MR) is 59.7 cm³/mol. The molecule has 1 rings (SSSR count). The SMILES string of the molecule is CC(C)(C)Oc1ccc(CN)cc1C(F)(F)F. The van der Waals surface area contributed by atoms with Gasteiger partial charge in [0.1, 0.15) is 11.4 Å². The van der Waals surface area contributed by atoms with Gasteiger partial charge in [-0.25, -0.2) is 0 Å². The highest BCUT2D eigenvalue weighted by atomic mass is 19.4. The fraction of sp³-hybridized carbons (Fsp3) is 0.500. The number of hydrogen-bond donors (Lipinski definition) is 1. The molecule has 0 atom stereocenters. The Hall–Kier alpha value is -1.23. The summed E-state index contributed by atoms with van der Waals surface area (Å²) in [6, 6.07) is 3.88. The molecule has 17 heavy (non-hydrogen) atoms. The van der Waals surface area contributed by atoms with Crippen LogP contribution < -0.4 is 10.5 Å². The van der Waals surface area contributed by atoms with E-state index in [9.17, 15) is 13.2 Å². The molecule has 0 saturated heterocycles. The van der Waals surface area contributed by atoms with Crippen molar-refractivity contribution in [3.63, 3.8) is 0 Å². The topological polar surface area (TPSA) is 35.2 Å². The number of ether oxygens (including phenoxy) is 1. The number of halogens is 3. The van der Waals surface area contributed by atoms with Crippen LogP contribution >= 0.6 is 0 Å². The molecule has 96 valence electrons. The first-order valence-electron chi connectivity index (χ1n) is 5.23. The van der Waals surface area contributed by atoms with E-state index < -0.39 is 17.3 Å². The second-order valence-electron chi connectivity index (χ2n) is 4.75. The third-order valence-electron chi connectivity index (χ3n) is 2.00. The summed E-state index contributed by atoms with van der Waals surface area (Å²) in [4.78, 5) is 0. The largest absolute Gasteiger partial charge is 0.488 e. The molecule has 5 heteroatoms. The zero-order valence-electron chi connectivity index (χ0n) is 10.1. The highest BCUT2D eigenvalue weighted by Gasteiger charge is 2.35. The Morgan fingerprint density at radius 3 is 2.18 bits per heavy atom. The van der Waals surface area contributed by atoms with Crippen molar-refractivity contribution in [1.82, 2.24) is 0 Å². The molecule has 1 aromatic rings. The van der Waals surface area contributed by atoms with E-state index in [1.54, 1.807) is 20.8 Å². The number of rotatable bonds is 2. The third-order valence-corrected chi connectivity index (χ3v) is 2.00. The maximum absolute atomic E-state index is 12.8. The van der Waals surface area contributed by atoms with Crippen LogP contribution in [-0.2, 0) is 12.7 Å². The fourth-order valence-corrected chi connectivity index (χ4v) is 1.34. The van der Waals surface area contributed by atoms with Gasteiger partial charge in [-0.1, -0.05) is 6.07 Å². The Morgan fingerprint density at radius 2 is 1.76 bits per heavy atom. The summed E-state index contributed by atoms with van der Waals surface area (Å²) in [7, 11) is 0. The van der Waals surface area contributed by atoms with E-state index in [0.717, 1.165) is 6.07 Å². The van der Waals surface area contributed by atoms with E-state index in [-0.39, 0.29) is 12.3 Å². The van der Waals surface area contributed by atoms with Crippen LogP contribution in [0.4, 0.5) is 13.2 Å². The molecule has 0 aromatic heterocycles. The minimum atomic E-state index is -4.44. The van der Waals surface area contributed by atoms with Crippen LogP contribution in [-0.4, -0.2) is 5.60 Å². The van der Waals surface area contributed by atoms with Crippen molar-refractivity contribution in [3.05, 3.63) is 29.3 Å². The lowest BCUT2D eigenvalue weighted by Gasteiger charge is -2.24. The van der Waals surface area contributed by atoms with Crippen LogP contribution in [0.3, 0.4) is 0 Å². The molecule has 0 fully saturated rings. The smallest absolute Gasteiger partial charge is 0.419 e. The molecule has 0 heterocycles. The van der Waals surface area contributed by atoms with Gasteiger partial charge < -0.3 is 10.5 Å². The van der Waals surface area contributed by atoms with Crippen molar-refractivity contribution in [1.29, 1.82) is 0 Å². The molecule has 0 aliphatic rings. The molecular formula is C12H16F3NO. The number of alkyl halides is 3. The molecule has 0 radical (unpaired) electrons. The number of hydrogen-bond acceptors (Lipinski definition) is 2. The van der Waals surface area contributed by atoms with Gasteiger partial charge in [-0.05, 0) is 38.5 Å². The summed E-state index contributed by atoms with van der Waals surface area (Å²) >= 11 is 0. The van der Waals surface area contributed by atoms with Crippen molar-refractivity contribution < 1.29 is 17.9 Å². The normalized spacial score (nSPS) is 12.6. The zero-order chi connectivity index (χ0) is 13.3. The maximum atomic E-state index is 12.8. The maximum Gasteiger partial charge on any atom is 0.419 e. The van der Waals surface area contributed by atoms with Crippen LogP contribution in [0.25, 0.3) is 0 Å². The van der Waals surface area contributed by atoms with E-state index in [1.165, 1.54) is 12.1 Å². The van der Waals surface area contributed by atoms with Gasteiger partial charge in [0.25, 0.3) is 0 Å². The Balaban J connectivity index is 3.21. The van der Waals surface area contributed by atoms with Gasteiger partial charge in [0.2, 0.25) is 0 Å². The molecule has 0 aliphatic carbocycles. The lowest BCUT2D eigenvalue weighted by atomic mass is 10.1. The summed E-state index contributed by atoms with van der Waals surface area (Å²) in [6.45, 7) is 5.16. The average molecular weight is 247 g/mol. The molecule has 0 saturated carbocycles. The molecule has 2 nitrogen and oxygen atoms in total. The van der Waals surface area contributed by atoms with Crippen LogP contribution in [0.15, 0.2) is 18.2 Å². The van der Waals surface area contributed by atoms with Gasteiger partial charge in [0, 0.05) is 6.54 Å². The first-order chi connectivity index (χ1) is 7.63. The zero-order valence-corrected chi connectivity index (χ0v) is 10.1. The van der Waals surface area contributed by atoms with Gasteiger partial charge in [-0.3, -0.25) is 0 Å². The van der Waals surface area contributed by atoms with Crippen LogP contribution in [0.5, 0.6) is 5.75 Å². The van der Waals surface area contributed by atoms with Gasteiger partial charge in [0.05, 0.1) is 5.56 Å². The third kappa shape index (κ3) is 3.93. The van der Waals surface area contributed by atoms with E-state index in [4.69, 9.17) is 10.5 Å². The quantitative estimate of drug-likeness (QED) is 0.869. The molecule has 1 aromatic carbocycles. The lowest BCUT2D eigenvalue weighted by molar-refractivity contribution is -0.139. The second-order valence-corrected chi connectivity index (χ2v) is 4.75. The van der Waals surface area contributed by atoms with Crippen molar-refractivity contribution >= 4 is 0 Å². The van der Waals surface area contributed by atoms with Gasteiger partial charge >= 0.3 is 6.18 Å². The van der Waals surface area contributed by atoms with Crippen molar-refractivity contribution in [2.75, 3.05) is 0 Å². The molecule has 0 aliphatic heterocycles. The molecule has 0 unspecified atom stereocenters. The standard InChI is InChI=1S/C12H16F3NO/c1-11(2,3)17-10-5-4-8(7-16)6-9(10)12(13,14)15/h4-6H,7,16H2,1-3H3. The summed E-state index contributed by atoms with van der Waals surface area (Å²) in [5.74, 6) is -0.165. The highest BCUT2D eigenvalue weighted by molar-refractivity contribution is 5.39. The van der Waals surface area contributed by atoms with E-state index in [0.29, 0.717) is 5.56 Å². The number of nitrogens with two attached hydrogens (primary N) is 1. The van der Waals surface area contributed by atoms with Crippen molar-refractivity contribution in [3.8, 4) is 5.75 Å². The van der Waals surface area contributed by atoms with Gasteiger partial charge in [-0.2, -0.15) is 13.2 Å². The summed E-state index contributed by atoms with van der Waals surface area (Å²) in [6.07, 6.45) is -4.44. The first-order valence-corrected chi connectivity index (χ1v) is 5.23. The Bertz CT molecular complexity index is 394. The van der Waals surface area contributed by atoms with Crippen LogP contribution in [0.2, 0.25) is 0 Å². The molecule has 0 amide bonds. The molecular weight excluding hydrogens is 231 g/mol.